The fourth-order valence-electron chi connectivity index (χ4n) is 3.83. The van der Waals surface area contributed by atoms with E-state index in [0.29, 0.717) is 12.5 Å². The van der Waals surface area contributed by atoms with Crippen LogP contribution in [0.4, 0.5) is 0 Å². The molecule has 0 aromatic rings. The van der Waals surface area contributed by atoms with Gasteiger partial charge in [0.05, 0.1) is 25.9 Å². The van der Waals surface area contributed by atoms with Gasteiger partial charge in [-0.25, -0.2) is 0 Å². The van der Waals surface area contributed by atoms with E-state index < -0.39 is 37.0 Å². The van der Waals surface area contributed by atoms with Gasteiger partial charge in [-0.15, -0.1) is 0 Å². The van der Waals surface area contributed by atoms with Crippen molar-refractivity contribution >= 4 is 5.97 Å². The molecule has 7 nitrogen and oxygen atoms in total. The molecule has 2 heterocycles. The summed E-state index contributed by atoms with van der Waals surface area (Å²) in [6, 6.07) is 0. The van der Waals surface area contributed by atoms with Gasteiger partial charge in [-0.05, 0) is 39.0 Å². The van der Waals surface area contributed by atoms with Gasteiger partial charge in [0.1, 0.15) is 18.3 Å². The van der Waals surface area contributed by atoms with E-state index in [4.69, 9.17) is 14.2 Å². The summed E-state index contributed by atoms with van der Waals surface area (Å²) in [5.74, 6) is -0.399. The molecule has 2 aliphatic rings. The number of rotatable bonds is 18. The molecular formula is C27H50O7. The molecule has 2 fully saturated rings. The average Bonchev–Trinajstić information content (AvgIpc) is 3.55. The lowest BCUT2D eigenvalue weighted by molar-refractivity contribution is -0.162. The van der Waals surface area contributed by atoms with Crippen LogP contribution in [0.15, 0.2) is 12.2 Å². The summed E-state index contributed by atoms with van der Waals surface area (Å²) in [6.45, 7) is 4.83. The van der Waals surface area contributed by atoms with E-state index in [1.165, 1.54) is 51.4 Å². The number of ether oxygens (including phenoxy) is 3. The van der Waals surface area contributed by atoms with Crippen LogP contribution in [0.3, 0.4) is 0 Å². The summed E-state index contributed by atoms with van der Waals surface area (Å²) >= 11 is 0. The molecule has 2 saturated heterocycles. The number of epoxide rings is 1. The summed E-state index contributed by atoms with van der Waals surface area (Å²) < 4.78 is 15.2. The number of hydrogen-bond acceptors (Lipinski definition) is 7. The molecule has 0 aromatic heterocycles. The van der Waals surface area contributed by atoms with E-state index in [2.05, 4.69) is 26.0 Å². The van der Waals surface area contributed by atoms with Crippen molar-refractivity contribution in [1.29, 1.82) is 0 Å². The quantitative estimate of drug-likeness (QED) is 0.114. The van der Waals surface area contributed by atoms with Crippen molar-refractivity contribution < 1.29 is 34.3 Å². The number of aliphatic hydroxyl groups is 3. The maximum atomic E-state index is 11.9. The summed E-state index contributed by atoms with van der Waals surface area (Å²) in [5.41, 5.74) is 0. The van der Waals surface area contributed by atoms with Crippen LogP contribution in [-0.4, -0.2) is 71.6 Å². The van der Waals surface area contributed by atoms with Crippen molar-refractivity contribution in [2.75, 3.05) is 19.8 Å². The van der Waals surface area contributed by atoms with Crippen LogP contribution in [0.25, 0.3) is 0 Å². The van der Waals surface area contributed by atoms with Gasteiger partial charge in [0.25, 0.3) is 0 Å². The number of aliphatic hydroxyl groups excluding tert-OH is 3. The van der Waals surface area contributed by atoms with E-state index in [0.717, 1.165) is 38.7 Å². The lowest BCUT2D eigenvalue weighted by Gasteiger charge is -2.24. The maximum Gasteiger partial charge on any atom is 0.306 e. The van der Waals surface area contributed by atoms with E-state index in [-0.39, 0.29) is 6.61 Å². The second kappa shape index (κ2) is 20.2. The third-order valence-corrected chi connectivity index (χ3v) is 6.16. The Morgan fingerprint density at radius 3 is 1.91 bits per heavy atom. The molecule has 200 valence electrons. The third-order valence-electron chi connectivity index (χ3n) is 6.16. The van der Waals surface area contributed by atoms with Crippen molar-refractivity contribution in [3.8, 4) is 0 Å². The largest absolute Gasteiger partial charge is 0.457 e. The number of esters is 1. The van der Waals surface area contributed by atoms with Crippen LogP contribution in [0, 0.1) is 0 Å². The first-order valence-electron chi connectivity index (χ1n) is 13.5. The van der Waals surface area contributed by atoms with Gasteiger partial charge in [0.2, 0.25) is 0 Å². The second-order valence-corrected chi connectivity index (χ2v) is 9.55. The Balaban J connectivity index is 0.00000130. The average molecular weight is 487 g/mol. The minimum absolute atomic E-state index is 0.0197. The first-order chi connectivity index (χ1) is 16.5. The fourth-order valence-corrected chi connectivity index (χ4v) is 3.83. The highest BCUT2D eigenvalue weighted by Gasteiger charge is 2.41. The smallest absolute Gasteiger partial charge is 0.306 e. The van der Waals surface area contributed by atoms with Gasteiger partial charge >= 0.3 is 5.97 Å². The SMILES string of the molecule is CC1CO1.CCCCCCCC/C=C\CCCCCCCC(=O)O[C@H](CO)[C@H]1OC[C@H](O)[C@H]1O. The molecule has 34 heavy (non-hydrogen) atoms. The number of hydrogen-bond donors (Lipinski definition) is 3. The maximum absolute atomic E-state index is 11.9. The standard InChI is InChI=1S/C24H44O6.C3H6O/c1-2-3-4-5-6-7-8-9-10-11-12-13-14-15-16-17-22(27)30-21(18-25)24-23(28)20(26)19-29-24;1-3-2-4-3/h9-10,20-21,23-26,28H,2-8,11-19H2,1H3;3H,2H2,1H3/b10-9-;/t20-,21+,23+,24+;/m0./s1. The van der Waals surface area contributed by atoms with Crippen molar-refractivity contribution in [1.82, 2.24) is 0 Å². The van der Waals surface area contributed by atoms with Crippen molar-refractivity contribution in [3.05, 3.63) is 12.2 Å². The molecule has 0 radical (unpaired) electrons. The molecule has 1 unspecified atom stereocenters. The Morgan fingerprint density at radius 2 is 1.44 bits per heavy atom. The molecule has 0 aliphatic carbocycles. The predicted molar refractivity (Wildman–Crippen MR) is 134 cm³/mol. The van der Waals surface area contributed by atoms with E-state index >= 15 is 0 Å². The lowest BCUT2D eigenvalue weighted by Crippen LogP contribution is -2.43. The van der Waals surface area contributed by atoms with Crippen molar-refractivity contribution in [3.63, 3.8) is 0 Å². The highest BCUT2D eigenvalue weighted by molar-refractivity contribution is 5.69. The van der Waals surface area contributed by atoms with Gasteiger partial charge in [-0.2, -0.15) is 0 Å². The Labute approximate surface area is 206 Å². The van der Waals surface area contributed by atoms with E-state index in [1.807, 2.05) is 0 Å². The molecule has 0 spiro atoms. The Bertz CT molecular complexity index is 521. The normalized spacial score (nSPS) is 24.6. The van der Waals surface area contributed by atoms with Crippen LogP contribution in [0.2, 0.25) is 0 Å². The molecule has 0 amide bonds. The molecule has 5 atom stereocenters. The molecule has 0 saturated carbocycles. The fraction of sp³-hybridized carbons (Fsp3) is 0.889. The Kier molecular flexibility index (Phi) is 18.5. The monoisotopic (exact) mass is 486 g/mol. The summed E-state index contributed by atoms with van der Waals surface area (Å²) in [4.78, 5) is 11.9. The molecule has 0 aromatic carbocycles. The van der Waals surface area contributed by atoms with Crippen LogP contribution >= 0.6 is 0 Å². The number of unbranched alkanes of at least 4 members (excludes halogenated alkanes) is 11. The Hall–Kier alpha value is -0.990. The van der Waals surface area contributed by atoms with Crippen molar-refractivity contribution in [2.45, 2.75) is 134 Å². The molecular weight excluding hydrogens is 436 g/mol. The van der Waals surface area contributed by atoms with Gasteiger partial charge in [-0.1, -0.05) is 70.4 Å². The summed E-state index contributed by atoms with van der Waals surface area (Å²) in [7, 11) is 0. The zero-order valence-corrected chi connectivity index (χ0v) is 21.5. The first-order valence-corrected chi connectivity index (χ1v) is 13.5. The zero-order valence-electron chi connectivity index (χ0n) is 21.5. The summed E-state index contributed by atoms with van der Waals surface area (Å²) in [6.07, 6.45) is 17.1. The van der Waals surface area contributed by atoms with E-state index in [9.17, 15) is 20.1 Å². The second-order valence-electron chi connectivity index (χ2n) is 9.55. The van der Waals surface area contributed by atoms with E-state index in [1.54, 1.807) is 0 Å². The number of carbonyl (C=O) groups excluding carboxylic acids is 1. The minimum atomic E-state index is -1.14. The third kappa shape index (κ3) is 15.8. The van der Waals surface area contributed by atoms with Gasteiger partial charge < -0.3 is 29.5 Å². The predicted octanol–water partition coefficient (Wildman–Crippen LogP) is 4.45. The number of carbonyl (C=O) groups is 1. The summed E-state index contributed by atoms with van der Waals surface area (Å²) in [5, 5.41) is 28.7. The highest BCUT2D eigenvalue weighted by Crippen LogP contribution is 2.20. The highest BCUT2D eigenvalue weighted by atomic mass is 16.6. The number of allylic oxidation sites excluding steroid dienone is 2. The molecule has 2 rings (SSSR count). The molecule has 2 aliphatic heterocycles. The zero-order chi connectivity index (χ0) is 25.0. The van der Waals surface area contributed by atoms with Gasteiger partial charge in [0, 0.05) is 6.42 Å². The molecule has 7 heteroatoms. The minimum Gasteiger partial charge on any atom is -0.457 e. The Morgan fingerprint density at radius 1 is 0.912 bits per heavy atom. The molecule has 3 N–H and O–H groups in total. The lowest BCUT2D eigenvalue weighted by atomic mass is 10.1. The van der Waals surface area contributed by atoms with Gasteiger partial charge in [0.15, 0.2) is 6.10 Å². The van der Waals surface area contributed by atoms with Crippen LogP contribution < -0.4 is 0 Å². The van der Waals surface area contributed by atoms with Gasteiger partial charge in [-0.3, -0.25) is 4.79 Å². The van der Waals surface area contributed by atoms with Crippen LogP contribution in [-0.2, 0) is 19.0 Å². The van der Waals surface area contributed by atoms with Crippen LogP contribution in [0.5, 0.6) is 0 Å². The topological polar surface area (TPSA) is 109 Å². The first kappa shape index (κ1) is 31.0. The van der Waals surface area contributed by atoms with Crippen LogP contribution in [0.1, 0.15) is 104 Å². The molecule has 0 bridgehead atoms. The van der Waals surface area contributed by atoms with Crippen molar-refractivity contribution in [2.24, 2.45) is 0 Å².